The number of aryl methyl sites for hydroxylation is 1. The number of hydrogen-bond acceptors (Lipinski definition) is 4. The Morgan fingerprint density at radius 3 is 2.74 bits per heavy atom. The van der Waals surface area contributed by atoms with Crippen LogP contribution in [0.1, 0.15) is 45.6 Å². The molecular formula is C18H30N2O3. The number of rotatable bonds is 11. The number of nitrogens with one attached hydrogen (secondary N) is 1. The van der Waals surface area contributed by atoms with E-state index in [1.807, 2.05) is 32.0 Å². The number of hydrogen-bond donors (Lipinski definition) is 2. The Kier molecular flexibility index (Phi) is 9.14. The van der Waals surface area contributed by atoms with Crippen LogP contribution in [0.4, 0.5) is 5.69 Å². The van der Waals surface area contributed by atoms with Crippen LogP contribution in [-0.2, 0) is 16.0 Å². The summed E-state index contributed by atoms with van der Waals surface area (Å²) in [6.45, 7) is 8.04. The highest BCUT2D eigenvalue weighted by Crippen LogP contribution is 2.23. The minimum atomic E-state index is 0.0550. The highest BCUT2D eigenvalue weighted by molar-refractivity contribution is 5.76. The van der Waals surface area contributed by atoms with E-state index in [4.69, 9.17) is 15.2 Å². The van der Waals surface area contributed by atoms with Gasteiger partial charge >= 0.3 is 0 Å². The molecule has 23 heavy (non-hydrogen) atoms. The molecule has 0 saturated carbocycles. The van der Waals surface area contributed by atoms with Gasteiger partial charge in [0.1, 0.15) is 5.75 Å². The summed E-state index contributed by atoms with van der Waals surface area (Å²) in [5.41, 5.74) is 7.64. The zero-order valence-electron chi connectivity index (χ0n) is 14.6. The summed E-state index contributed by atoms with van der Waals surface area (Å²) in [5, 5.41) is 2.91. The van der Waals surface area contributed by atoms with Crippen molar-refractivity contribution in [2.75, 3.05) is 25.5 Å². The predicted octanol–water partition coefficient (Wildman–Crippen LogP) is 2.92. The molecule has 0 aliphatic carbocycles. The van der Waals surface area contributed by atoms with Crippen LogP contribution in [0.5, 0.6) is 5.75 Å². The first-order valence-electron chi connectivity index (χ1n) is 8.42. The molecule has 130 valence electrons. The highest BCUT2D eigenvalue weighted by Gasteiger charge is 2.05. The SMILES string of the molecule is CCCOc1ccc(CCC(=O)NCCCOC(C)C)cc1N. The van der Waals surface area contributed by atoms with Gasteiger partial charge < -0.3 is 20.5 Å². The van der Waals surface area contributed by atoms with E-state index in [0.717, 1.165) is 18.4 Å². The molecule has 0 aliphatic heterocycles. The largest absolute Gasteiger partial charge is 0.491 e. The molecule has 0 spiro atoms. The average molecular weight is 322 g/mol. The van der Waals surface area contributed by atoms with Gasteiger partial charge in [-0.2, -0.15) is 0 Å². The Hall–Kier alpha value is -1.75. The number of carbonyl (C=O) groups excluding carboxylic acids is 1. The third kappa shape index (κ3) is 8.45. The maximum atomic E-state index is 11.8. The van der Waals surface area contributed by atoms with Gasteiger partial charge in [-0.3, -0.25) is 4.79 Å². The summed E-state index contributed by atoms with van der Waals surface area (Å²) in [6.07, 6.45) is 3.15. The van der Waals surface area contributed by atoms with E-state index in [-0.39, 0.29) is 12.0 Å². The third-order valence-electron chi connectivity index (χ3n) is 3.27. The van der Waals surface area contributed by atoms with E-state index in [9.17, 15) is 4.79 Å². The van der Waals surface area contributed by atoms with Crippen molar-refractivity contribution in [3.05, 3.63) is 23.8 Å². The van der Waals surface area contributed by atoms with Crippen molar-refractivity contribution in [2.24, 2.45) is 0 Å². The number of nitrogens with two attached hydrogens (primary N) is 1. The van der Waals surface area contributed by atoms with E-state index in [2.05, 4.69) is 12.2 Å². The van der Waals surface area contributed by atoms with Crippen molar-refractivity contribution in [2.45, 2.75) is 52.6 Å². The fraction of sp³-hybridized carbons (Fsp3) is 0.611. The Labute approximate surface area is 139 Å². The van der Waals surface area contributed by atoms with E-state index < -0.39 is 0 Å². The second-order valence-corrected chi connectivity index (χ2v) is 5.84. The summed E-state index contributed by atoms with van der Waals surface area (Å²) in [4.78, 5) is 11.8. The van der Waals surface area contributed by atoms with Gasteiger partial charge in [0, 0.05) is 19.6 Å². The maximum absolute atomic E-state index is 11.8. The number of nitrogen functional groups attached to an aromatic ring is 1. The van der Waals surface area contributed by atoms with Gasteiger partial charge in [0.05, 0.1) is 18.4 Å². The van der Waals surface area contributed by atoms with Crippen LogP contribution in [0, 0.1) is 0 Å². The number of ether oxygens (including phenoxy) is 2. The molecule has 1 aromatic rings. The zero-order valence-corrected chi connectivity index (χ0v) is 14.6. The first-order valence-corrected chi connectivity index (χ1v) is 8.42. The molecule has 0 fully saturated rings. The predicted molar refractivity (Wildman–Crippen MR) is 93.7 cm³/mol. The molecule has 0 unspecified atom stereocenters. The Balaban J connectivity index is 2.26. The number of carbonyl (C=O) groups is 1. The van der Waals surface area contributed by atoms with Gasteiger partial charge in [0.25, 0.3) is 0 Å². The standard InChI is InChI=1S/C18H30N2O3/c1-4-11-23-17-8-6-15(13-16(17)19)7-9-18(21)20-10-5-12-22-14(2)3/h6,8,13-14H,4-5,7,9-12,19H2,1-3H3,(H,20,21). The monoisotopic (exact) mass is 322 g/mol. The molecule has 0 saturated heterocycles. The number of anilines is 1. The lowest BCUT2D eigenvalue weighted by atomic mass is 10.1. The molecule has 3 N–H and O–H groups in total. The summed E-state index contributed by atoms with van der Waals surface area (Å²) in [5.74, 6) is 0.768. The summed E-state index contributed by atoms with van der Waals surface area (Å²) < 4.78 is 11.0. The second-order valence-electron chi connectivity index (χ2n) is 5.84. The van der Waals surface area contributed by atoms with Crippen molar-refractivity contribution < 1.29 is 14.3 Å². The van der Waals surface area contributed by atoms with Crippen LogP contribution in [0.15, 0.2) is 18.2 Å². The van der Waals surface area contributed by atoms with Crippen LogP contribution in [0.3, 0.4) is 0 Å². The van der Waals surface area contributed by atoms with Gasteiger partial charge in [-0.15, -0.1) is 0 Å². The van der Waals surface area contributed by atoms with Crippen LogP contribution < -0.4 is 15.8 Å². The van der Waals surface area contributed by atoms with Crippen LogP contribution in [0.25, 0.3) is 0 Å². The van der Waals surface area contributed by atoms with Crippen molar-refractivity contribution in [3.63, 3.8) is 0 Å². The summed E-state index contributed by atoms with van der Waals surface area (Å²) in [7, 11) is 0. The first kappa shape index (κ1) is 19.3. The molecule has 0 heterocycles. The lowest BCUT2D eigenvalue weighted by Crippen LogP contribution is -2.25. The summed E-state index contributed by atoms with van der Waals surface area (Å²) in [6, 6.07) is 5.72. The molecule has 0 aromatic heterocycles. The molecule has 0 atom stereocenters. The number of amides is 1. The molecule has 1 aromatic carbocycles. The molecule has 0 aliphatic rings. The maximum Gasteiger partial charge on any atom is 0.220 e. The van der Waals surface area contributed by atoms with E-state index in [1.54, 1.807) is 0 Å². The van der Waals surface area contributed by atoms with Gasteiger partial charge in [-0.1, -0.05) is 13.0 Å². The highest BCUT2D eigenvalue weighted by atomic mass is 16.5. The minimum Gasteiger partial charge on any atom is -0.491 e. The fourth-order valence-corrected chi connectivity index (χ4v) is 2.06. The van der Waals surface area contributed by atoms with Gasteiger partial charge in [-0.25, -0.2) is 0 Å². The zero-order chi connectivity index (χ0) is 17.1. The van der Waals surface area contributed by atoms with Crippen LogP contribution >= 0.6 is 0 Å². The molecule has 5 heteroatoms. The van der Waals surface area contributed by atoms with Crippen LogP contribution in [-0.4, -0.2) is 31.8 Å². The lowest BCUT2D eigenvalue weighted by molar-refractivity contribution is -0.121. The molecule has 0 bridgehead atoms. The molecule has 1 rings (SSSR count). The topological polar surface area (TPSA) is 73.6 Å². The van der Waals surface area contributed by atoms with E-state index in [1.165, 1.54) is 0 Å². The van der Waals surface area contributed by atoms with E-state index >= 15 is 0 Å². The fourth-order valence-electron chi connectivity index (χ4n) is 2.06. The van der Waals surface area contributed by atoms with Crippen molar-refractivity contribution in [1.82, 2.24) is 5.32 Å². The molecular weight excluding hydrogens is 292 g/mol. The van der Waals surface area contributed by atoms with Gasteiger partial charge in [0.15, 0.2) is 0 Å². The van der Waals surface area contributed by atoms with Crippen LogP contribution in [0.2, 0.25) is 0 Å². The Morgan fingerprint density at radius 2 is 2.09 bits per heavy atom. The summed E-state index contributed by atoms with van der Waals surface area (Å²) >= 11 is 0. The Bertz CT molecular complexity index is 475. The Morgan fingerprint density at radius 1 is 1.30 bits per heavy atom. The molecule has 1 amide bonds. The van der Waals surface area contributed by atoms with Crippen molar-refractivity contribution in [3.8, 4) is 5.75 Å². The minimum absolute atomic E-state index is 0.0550. The quantitative estimate of drug-likeness (QED) is 0.485. The van der Waals surface area contributed by atoms with Crippen molar-refractivity contribution >= 4 is 11.6 Å². The van der Waals surface area contributed by atoms with Crippen molar-refractivity contribution in [1.29, 1.82) is 0 Å². The molecule has 0 radical (unpaired) electrons. The average Bonchev–Trinajstić information content (AvgIpc) is 2.51. The molecule has 5 nitrogen and oxygen atoms in total. The second kappa shape index (κ2) is 10.9. The third-order valence-corrected chi connectivity index (χ3v) is 3.27. The smallest absolute Gasteiger partial charge is 0.220 e. The lowest BCUT2D eigenvalue weighted by Gasteiger charge is -2.10. The van der Waals surface area contributed by atoms with Gasteiger partial charge in [0.2, 0.25) is 5.91 Å². The normalized spacial score (nSPS) is 10.8. The first-order chi connectivity index (χ1) is 11.0. The van der Waals surface area contributed by atoms with Gasteiger partial charge in [-0.05, 0) is 50.8 Å². The number of benzene rings is 1. The van der Waals surface area contributed by atoms with E-state index in [0.29, 0.717) is 44.0 Å².